The molecule has 0 aliphatic rings. The molecule has 0 bridgehead atoms. The zero-order valence-corrected chi connectivity index (χ0v) is 9.02. The minimum atomic E-state index is -0.519. The Balaban J connectivity index is 1.84. The van der Waals surface area contributed by atoms with Crippen molar-refractivity contribution in [3.05, 3.63) is 53.0 Å². The van der Waals surface area contributed by atoms with Gasteiger partial charge >= 0.3 is 5.82 Å². The predicted octanol–water partition coefficient (Wildman–Crippen LogP) is 1.87. The molecule has 0 atom stereocenters. The largest absolute Gasteiger partial charge is 0.492 e. The topological polar surface area (TPSA) is 70.2 Å². The number of nitrogens with zero attached hydrogens (tertiary/aromatic N) is 3. The summed E-state index contributed by atoms with van der Waals surface area (Å²) in [6.45, 7) is 0.966. The van der Waals surface area contributed by atoms with Crippen molar-refractivity contribution in [3.8, 4) is 5.75 Å². The van der Waals surface area contributed by atoms with Crippen molar-refractivity contribution in [2.75, 3.05) is 6.61 Å². The molecule has 6 heteroatoms. The second kappa shape index (κ2) is 5.11. The Labute approximate surface area is 97.6 Å². The Bertz CT molecular complexity index is 496. The molecule has 2 rings (SSSR count). The summed E-state index contributed by atoms with van der Waals surface area (Å²) in [4.78, 5) is 13.5. The fourth-order valence-corrected chi connectivity index (χ4v) is 1.35. The summed E-state index contributed by atoms with van der Waals surface area (Å²) < 4.78 is 7.09. The molecule has 1 aromatic carbocycles. The minimum Gasteiger partial charge on any atom is -0.492 e. The summed E-state index contributed by atoms with van der Waals surface area (Å²) in [5, 5.41) is 10.4. The van der Waals surface area contributed by atoms with Crippen molar-refractivity contribution in [1.29, 1.82) is 0 Å². The summed E-state index contributed by atoms with van der Waals surface area (Å²) >= 11 is 0. The third-order valence-corrected chi connectivity index (χ3v) is 2.17. The van der Waals surface area contributed by atoms with Crippen LogP contribution < -0.4 is 4.74 Å². The fraction of sp³-hybridized carbons (Fsp3) is 0.182. The van der Waals surface area contributed by atoms with Gasteiger partial charge in [-0.2, -0.15) is 0 Å². The van der Waals surface area contributed by atoms with E-state index in [-0.39, 0.29) is 5.82 Å². The average molecular weight is 233 g/mol. The molecule has 0 saturated carbocycles. The van der Waals surface area contributed by atoms with Crippen LogP contribution in [0.1, 0.15) is 0 Å². The number of aromatic nitrogens is 2. The van der Waals surface area contributed by atoms with Gasteiger partial charge < -0.3 is 19.4 Å². The average Bonchev–Trinajstić information content (AvgIpc) is 2.79. The van der Waals surface area contributed by atoms with Crippen LogP contribution in [0.4, 0.5) is 5.82 Å². The number of nitro groups is 1. The van der Waals surface area contributed by atoms with Gasteiger partial charge in [0.15, 0.2) is 0 Å². The van der Waals surface area contributed by atoms with Gasteiger partial charge in [-0.3, -0.25) is 0 Å². The van der Waals surface area contributed by atoms with Crippen LogP contribution in [0, 0.1) is 10.1 Å². The lowest BCUT2D eigenvalue weighted by Crippen LogP contribution is -2.06. The standard InChI is InChI=1S/C11H11N3O3/c15-14(16)11-8-13(9-12-11)6-7-17-10-4-2-1-3-5-10/h1-5,8-9H,6-7H2. The van der Waals surface area contributed by atoms with Gasteiger partial charge in [0.25, 0.3) is 0 Å². The molecule has 0 spiro atoms. The fourth-order valence-electron chi connectivity index (χ4n) is 1.35. The maximum absolute atomic E-state index is 10.4. The number of hydrogen-bond acceptors (Lipinski definition) is 4. The molecule has 1 heterocycles. The molecule has 1 aromatic heterocycles. The number of hydrogen-bond donors (Lipinski definition) is 0. The maximum Gasteiger partial charge on any atom is 0.381 e. The molecule has 0 saturated heterocycles. The Morgan fingerprint density at radius 1 is 1.35 bits per heavy atom. The second-order valence-electron chi connectivity index (χ2n) is 3.39. The molecule has 6 nitrogen and oxygen atoms in total. The lowest BCUT2D eigenvalue weighted by Gasteiger charge is -2.05. The van der Waals surface area contributed by atoms with E-state index in [1.807, 2.05) is 30.3 Å². The molecule has 2 aromatic rings. The number of benzene rings is 1. The van der Waals surface area contributed by atoms with Crippen LogP contribution in [-0.4, -0.2) is 21.1 Å². The zero-order chi connectivity index (χ0) is 12.1. The van der Waals surface area contributed by atoms with Crippen molar-refractivity contribution in [1.82, 2.24) is 9.55 Å². The van der Waals surface area contributed by atoms with E-state index in [0.717, 1.165) is 5.75 Å². The Morgan fingerprint density at radius 3 is 2.76 bits per heavy atom. The Hall–Kier alpha value is -2.37. The van der Waals surface area contributed by atoms with Gasteiger partial charge in [0.2, 0.25) is 6.33 Å². The lowest BCUT2D eigenvalue weighted by molar-refractivity contribution is -0.389. The lowest BCUT2D eigenvalue weighted by atomic mass is 10.3. The highest BCUT2D eigenvalue weighted by atomic mass is 16.6. The highest BCUT2D eigenvalue weighted by Gasteiger charge is 2.08. The number of para-hydroxylation sites is 1. The van der Waals surface area contributed by atoms with Gasteiger partial charge in [-0.1, -0.05) is 18.2 Å². The number of imidazole rings is 1. The third-order valence-electron chi connectivity index (χ3n) is 2.17. The van der Waals surface area contributed by atoms with Crippen molar-refractivity contribution in [3.63, 3.8) is 0 Å². The van der Waals surface area contributed by atoms with Crippen molar-refractivity contribution < 1.29 is 9.66 Å². The highest BCUT2D eigenvalue weighted by molar-refractivity contribution is 5.20. The molecule has 88 valence electrons. The molecular weight excluding hydrogens is 222 g/mol. The van der Waals surface area contributed by atoms with Crippen LogP contribution in [0.25, 0.3) is 0 Å². The maximum atomic E-state index is 10.4. The monoisotopic (exact) mass is 233 g/mol. The molecule has 0 fully saturated rings. The molecular formula is C11H11N3O3. The first-order chi connectivity index (χ1) is 8.25. The molecule has 0 aliphatic heterocycles. The third kappa shape index (κ3) is 3.04. The normalized spacial score (nSPS) is 10.1. The van der Waals surface area contributed by atoms with Crippen LogP contribution in [-0.2, 0) is 6.54 Å². The van der Waals surface area contributed by atoms with Crippen LogP contribution in [0.3, 0.4) is 0 Å². The van der Waals surface area contributed by atoms with Gasteiger partial charge in [0.1, 0.15) is 18.6 Å². The highest BCUT2D eigenvalue weighted by Crippen LogP contribution is 2.09. The van der Waals surface area contributed by atoms with Gasteiger partial charge in [-0.25, -0.2) is 0 Å². The second-order valence-corrected chi connectivity index (χ2v) is 3.39. The van der Waals surface area contributed by atoms with E-state index >= 15 is 0 Å². The van der Waals surface area contributed by atoms with E-state index in [0.29, 0.717) is 13.2 Å². The van der Waals surface area contributed by atoms with Crippen LogP contribution in [0.2, 0.25) is 0 Å². The molecule has 0 aliphatic carbocycles. The van der Waals surface area contributed by atoms with Crippen LogP contribution >= 0.6 is 0 Å². The van der Waals surface area contributed by atoms with Crippen LogP contribution in [0.15, 0.2) is 42.9 Å². The first kappa shape index (κ1) is 11.1. The van der Waals surface area contributed by atoms with Gasteiger partial charge in [0.05, 0.1) is 6.54 Å². The van der Waals surface area contributed by atoms with E-state index in [1.165, 1.54) is 12.5 Å². The minimum absolute atomic E-state index is 0.148. The first-order valence-electron chi connectivity index (χ1n) is 5.10. The van der Waals surface area contributed by atoms with Crippen molar-refractivity contribution in [2.24, 2.45) is 0 Å². The molecule has 0 radical (unpaired) electrons. The molecule has 0 unspecified atom stereocenters. The molecule has 17 heavy (non-hydrogen) atoms. The van der Waals surface area contributed by atoms with Crippen molar-refractivity contribution >= 4 is 5.82 Å². The summed E-state index contributed by atoms with van der Waals surface area (Å²) in [6.07, 6.45) is 2.81. The number of rotatable bonds is 5. The Kier molecular flexibility index (Phi) is 3.34. The van der Waals surface area contributed by atoms with E-state index in [1.54, 1.807) is 4.57 Å². The smallest absolute Gasteiger partial charge is 0.381 e. The quantitative estimate of drug-likeness (QED) is 0.584. The van der Waals surface area contributed by atoms with E-state index in [9.17, 15) is 10.1 Å². The van der Waals surface area contributed by atoms with Gasteiger partial charge in [-0.15, -0.1) is 0 Å². The summed E-state index contributed by atoms with van der Waals surface area (Å²) in [5.41, 5.74) is 0. The van der Waals surface area contributed by atoms with Gasteiger partial charge in [-0.05, 0) is 22.0 Å². The van der Waals surface area contributed by atoms with E-state index in [4.69, 9.17) is 4.74 Å². The van der Waals surface area contributed by atoms with Crippen molar-refractivity contribution in [2.45, 2.75) is 6.54 Å². The van der Waals surface area contributed by atoms with Gasteiger partial charge in [0, 0.05) is 0 Å². The van der Waals surface area contributed by atoms with E-state index < -0.39 is 4.92 Å². The van der Waals surface area contributed by atoms with Crippen LogP contribution in [0.5, 0.6) is 5.75 Å². The first-order valence-corrected chi connectivity index (χ1v) is 5.10. The Morgan fingerprint density at radius 2 is 2.12 bits per heavy atom. The SMILES string of the molecule is O=[N+]([O-])c1cn(CCOc2ccccc2)cn1. The predicted molar refractivity (Wildman–Crippen MR) is 60.8 cm³/mol. The van der Waals surface area contributed by atoms with E-state index in [2.05, 4.69) is 4.98 Å². The molecule has 0 N–H and O–H groups in total. The summed E-state index contributed by atoms with van der Waals surface area (Å²) in [5.74, 6) is 0.631. The zero-order valence-electron chi connectivity index (χ0n) is 9.02. The summed E-state index contributed by atoms with van der Waals surface area (Å²) in [6, 6.07) is 9.40. The molecule has 0 amide bonds. The number of ether oxygens (including phenoxy) is 1. The summed E-state index contributed by atoms with van der Waals surface area (Å²) in [7, 11) is 0.